The Hall–Kier alpha value is -2.38. The van der Waals surface area contributed by atoms with E-state index >= 15 is 0 Å². The second kappa shape index (κ2) is 9.21. The number of aryl methyl sites for hydroxylation is 2. The van der Waals surface area contributed by atoms with Gasteiger partial charge in [0.2, 0.25) is 5.91 Å². The van der Waals surface area contributed by atoms with Crippen molar-refractivity contribution in [2.45, 2.75) is 25.0 Å². The summed E-state index contributed by atoms with van der Waals surface area (Å²) in [4.78, 5) is 17.2. The molecule has 1 aromatic heterocycles. The van der Waals surface area contributed by atoms with Gasteiger partial charge in [0.1, 0.15) is 5.75 Å². The van der Waals surface area contributed by atoms with Crippen molar-refractivity contribution in [3.8, 4) is 5.75 Å². The molecule has 0 bridgehead atoms. The minimum Gasteiger partial charge on any atom is -0.497 e. The van der Waals surface area contributed by atoms with Crippen molar-refractivity contribution in [3.05, 3.63) is 47.8 Å². The first kappa shape index (κ1) is 20.4. The van der Waals surface area contributed by atoms with Crippen LogP contribution in [0.4, 0.5) is 0 Å². The van der Waals surface area contributed by atoms with Gasteiger partial charge in [0.25, 0.3) is 0 Å². The van der Waals surface area contributed by atoms with E-state index in [4.69, 9.17) is 9.47 Å². The number of benzene rings is 1. The zero-order valence-corrected chi connectivity index (χ0v) is 17.2. The summed E-state index contributed by atoms with van der Waals surface area (Å²) in [6.07, 6.45) is 4.88. The number of ether oxygens (including phenoxy) is 2. The molecule has 2 heterocycles. The number of rotatable bonds is 7. The van der Waals surface area contributed by atoms with E-state index in [-0.39, 0.29) is 18.1 Å². The van der Waals surface area contributed by atoms with Crippen LogP contribution < -0.4 is 4.74 Å². The molecule has 0 aliphatic carbocycles. The fourth-order valence-corrected chi connectivity index (χ4v) is 3.74. The molecule has 0 unspecified atom stereocenters. The van der Waals surface area contributed by atoms with Gasteiger partial charge in [0.15, 0.2) is 0 Å². The topological polar surface area (TPSA) is 59.8 Å². The fourth-order valence-electron chi connectivity index (χ4n) is 3.74. The Labute approximate surface area is 166 Å². The monoisotopic (exact) mass is 386 g/mol. The lowest BCUT2D eigenvalue weighted by Crippen LogP contribution is -2.51. The minimum atomic E-state index is -0.123. The van der Waals surface area contributed by atoms with E-state index in [9.17, 15) is 4.79 Å². The summed E-state index contributed by atoms with van der Waals surface area (Å²) in [6, 6.07) is 7.77. The maximum absolute atomic E-state index is 13.1. The van der Waals surface area contributed by atoms with E-state index < -0.39 is 0 Å². The first-order valence-electron chi connectivity index (χ1n) is 9.65. The lowest BCUT2D eigenvalue weighted by molar-refractivity contribution is -0.148. The van der Waals surface area contributed by atoms with Crippen molar-refractivity contribution in [3.63, 3.8) is 0 Å². The third-order valence-electron chi connectivity index (χ3n) is 5.05. The standard InChI is InChI=1S/C21H30N4O3/c1-23(2)15-19-21(17-13-22-24(3)14-17)25(10-11-28-19)20(26)9-8-16-6-5-7-18(12-16)27-4/h5-7,12-14,19,21H,8-11,15H2,1-4H3/t19-,21-/m0/s1. The molecule has 3 rings (SSSR count). The van der Waals surface area contributed by atoms with E-state index in [1.54, 1.807) is 11.8 Å². The number of nitrogens with zero attached hydrogens (tertiary/aromatic N) is 4. The lowest BCUT2D eigenvalue weighted by Gasteiger charge is -2.42. The first-order chi connectivity index (χ1) is 13.5. The average molecular weight is 386 g/mol. The Kier molecular flexibility index (Phi) is 6.70. The summed E-state index contributed by atoms with van der Waals surface area (Å²) in [7, 11) is 7.59. The Balaban J connectivity index is 1.75. The smallest absolute Gasteiger partial charge is 0.223 e. The Morgan fingerprint density at radius 2 is 2.21 bits per heavy atom. The van der Waals surface area contributed by atoms with Gasteiger partial charge in [-0.2, -0.15) is 5.10 Å². The van der Waals surface area contributed by atoms with E-state index in [1.165, 1.54) is 0 Å². The molecule has 1 aromatic carbocycles. The third-order valence-corrected chi connectivity index (χ3v) is 5.05. The predicted octanol–water partition coefficient (Wildman–Crippen LogP) is 1.89. The lowest BCUT2D eigenvalue weighted by atomic mass is 9.99. The number of aromatic nitrogens is 2. The molecule has 152 valence electrons. The molecule has 2 atom stereocenters. The Morgan fingerprint density at radius 3 is 2.89 bits per heavy atom. The molecule has 1 fully saturated rings. The van der Waals surface area contributed by atoms with E-state index in [2.05, 4.69) is 10.00 Å². The van der Waals surface area contributed by atoms with Gasteiger partial charge in [0, 0.05) is 38.3 Å². The summed E-state index contributed by atoms with van der Waals surface area (Å²) in [6.45, 7) is 1.90. The first-order valence-corrected chi connectivity index (χ1v) is 9.65. The van der Waals surface area contributed by atoms with Crippen molar-refractivity contribution in [2.75, 3.05) is 40.9 Å². The van der Waals surface area contributed by atoms with Crippen LogP contribution in [0.5, 0.6) is 5.75 Å². The highest BCUT2D eigenvalue weighted by molar-refractivity contribution is 5.77. The highest BCUT2D eigenvalue weighted by Crippen LogP contribution is 2.30. The fraction of sp³-hybridized carbons (Fsp3) is 0.524. The summed E-state index contributed by atoms with van der Waals surface area (Å²) in [5.41, 5.74) is 2.12. The van der Waals surface area contributed by atoms with E-state index in [1.807, 2.05) is 62.7 Å². The minimum absolute atomic E-state index is 0.0753. The Bertz CT molecular complexity index is 789. The summed E-state index contributed by atoms with van der Waals surface area (Å²) >= 11 is 0. The molecular formula is C21H30N4O3. The molecule has 0 saturated carbocycles. The maximum atomic E-state index is 13.1. The van der Waals surface area contributed by atoms with E-state index in [0.717, 1.165) is 23.4 Å². The van der Waals surface area contributed by atoms with Crippen molar-refractivity contribution in [1.29, 1.82) is 0 Å². The van der Waals surface area contributed by atoms with Crippen LogP contribution >= 0.6 is 0 Å². The van der Waals surface area contributed by atoms with Gasteiger partial charge in [-0.1, -0.05) is 12.1 Å². The summed E-state index contributed by atoms with van der Waals surface area (Å²) in [5.74, 6) is 0.958. The van der Waals surface area contributed by atoms with Gasteiger partial charge in [0.05, 0.1) is 32.1 Å². The second-order valence-corrected chi connectivity index (χ2v) is 7.50. The number of carbonyl (C=O) groups is 1. The molecule has 0 spiro atoms. The van der Waals surface area contributed by atoms with Crippen LogP contribution in [0.1, 0.15) is 23.6 Å². The van der Waals surface area contributed by atoms with Crippen LogP contribution in [0, 0.1) is 0 Å². The number of methoxy groups -OCH3 is 1. The van der Waals surface area contributed by atoms with E-state index in [0.29, 0.717) is 26.0 Å². The molecule has 1 saturated heterocycles. The molecular weight excluding hydrogens is 356 g/mol. The predicted molar refractivity (Wildman–Crippen MR) is 107 cm³/mol. The normalized spacial score (nSPS) is 19.8. The number of amides is 1. The largest absolute Gasteiger partial charge is 0.497 e. The third kappa shape index (κ3) is 4.91. The van der Waals surface area contributed by atoms with Gasteiger partial charge in [-0.15, -0.1) is 0 Å². The zero-order valence-electron chi connectivity index (χ0n) is 17.2. The van der Waals surface area contributed by atoms with Crippen LogP contribution in [-0.4, -0.2) is 72.5 Å². The zero-order chi connectivity index (χ0) is 20.1. The number of morpholine rings is 1. The Morgan fingerprint density at radius 1 is 1.39 bits per heavy atom. The van der Waals surface area contributed by atoms with Gasteiger partial charge >= 0.3 is 0 Å². The van der Waals surface area contributed by atoms with Crippen LogP contribution in [0.25, 0.3) is 0 Å². The number of hydrogen-bond acceptors (Lipinski definition) is 5. The molecule has 7 heteroatoms. The van der Waals surface area contributed by atoms with Crippen molar-refractivity contribution in [1.82, 2.24) is 19.6 Å². The highest BCUT2D eigenvalue weighted by atomic mass is 16.5. The van der Waals surface area contributed by atoms with Gasteiger partial charge in [-0.3, -0.25) is 9.48 Å². The van der Waals surface area contributed by atoms with Crippen molar-refractivity contribution in [2.24, 2.45) is 7.05 Å². The quantitative estimate of drug-likeness (QED) is 0.727. The molecule has 1 amide bonds. The summed E-state index contributed by atoms with van der Waals surface area (Å²) in [5, 5.41) is 4.31. The number of likely N-dealkylation sites (N-methyl/N-ethyl adjacent to an activating group) is 1. The van der Waals surface area contributed by atoms with Crippen LogP contribution in [-0.2, 0) is 23.0 Å². The molecule has 1 aliphatic heterocycles. The number of carbonyl (C=O) groups excluding carboxylic acids is 1. The molecule has 0 radical (unpaired) electrons. The second-order valence-electron chi connectivity index (χ2n) is 7.50. The van der Waals surface area contributed by atoms with Crippen molar-refractivity contribution < 1.29 is 14.3 Å². The van der Waals surface area contributed by atoms with Gasteiger partial charge < -0.3 is 19.3 Å². The molecule has 0 N–H and O–H groups in total. The molecule has 2 aromatic rings. The maximum Gasteiger partial charge on any atom is 0.223 e. The van der Waals surface area contributed by atoms with Crippen molar-refractivity contribution >= 4 is 5.91 Å². The number of hydrogen-bond donors (Lipinski definition) is 0. The van der Waals surface area contributed by atoms with Crippen LogP contribution in [0.2, 0.25) is 0 Å². The summed E-state index contributed by atoms with van der Waals surface area (Å²) < 4.78 is 13.1. The highest BCUT2D eigenvalue weighted by Gasteiger charge is 2.37. The molecule has 7 nitrogen and oxygen atoms in total. The molecule has 28 heavy (non-hydrogen) atoms. The SMILES string of the molecule is COc1cccc(CCC(=O)N2CCO[C@@H](CN(C)C)[C@@H]2c2cnn(C)c2)c1. The van der Waals surface area contributed by atoms with Gasteiger partial charge in [-0.25, -0.2) is 0 Å². The molecule has 1 aliphatic rings. The average Bonchev–Trinajstić information content (AvgIpc) is 3.11. The van der Waals surface area contributed by atoms with Crippen LogP contribution in [0.3, 0.4) is 0 Å². The van der Waals surface area contributed by atoms with Gasteiger partial charge in [-0.05, 0) is 38.2 Å². The van der Waals surface area contributed by atoms with Crippen LogP contribution in [0.15, 0.2) is 36.7 Å².